The largest absolute Gasteiger partial charge is 0.453 e. The van der Waals surface area contributed by atoms with Crippen molar-refractivity contribution in [2.45, 2.75) is 20.0 Å². The van der Waals surface area contributed by atoms with Gasteiger partial charge in [0.15, 0.2) is 0 Å². The van der Waals surface area contributed by atoms with Crippen molar-refractivity contribution in [1.82, 2.24) is 0 Å². The second-order valence-electron chi connectivity index (χ2n) is 8.14. The van der Waals surface area contributed by atoms with Crippen LogP contribution in [0.1, 0.15) is 22.5 Å². The predicted molar refractivity (Wildman–Crippen MR) is 129 cm³/mol. The summed E-state index contributed by atoms with van der Waals surface area (Å²) in [7, 11) is 0. The van der Waals surface area contributed by atoms with Crippen molar-refractivity contribution < 1.29 is 31.9 Å². The molecule has 1 heterocycles. The molecule has 6 nitrogen and oxygen atoms in total. The van der Waals surface area contributed by atoms with Crippen LogP contribution in [0.2, 0.25) is 0 Å². The lowest BCUT2D eigenvalue weighted by Crippen LogP contribution is -2.16. The van der Waals surface area contributed by atoms with E-state index in [2.05, 4.69) is 0 Å². The number of fused-ring (bicyclic) bond motifs is 1. The molecular formula is C28H18F3NO5. The fraction of sp³-hybridized carbons (Fsp3) is 0.107. The van der Waals surface area contributed by atoms with Crippen LogP contribution in [-0.4, -0.2) is 5.97 Å². The van der Waals surface area contributed by atoms with E-state index in [0.717, 1.165) is 23.3 Å². The first-order chi connectivity index (χ1) is 17.5. The number of nitrogens with zero attached hydrogens (tertiary/aromatic N) is 1. The zero-order valence-electron chi connectivity index (χ0n) is 19.6. The molecule has 0 fully saturated rings. The van der Waals surface area contributed by atoms with Gasteiger partial charge >= 0.3 is 12.1 Å². The van der Waals surface area contributed by atoms with Crippen molar-refractivity contribution in [1.29, 1.82) is 5.26 Å². The second kappa shape index (κ2) is 10.0. The monoisotopic (exact) mass is 505 g/mol. The average Bonchev–Trinajstić information content (AvgIpc) is 2.83. The fourth-order valence-electron chi connectivity index (χ4n) is 3.62. The highest BCUT2D eigenvalue weighted by molar-refractivity contribution is 5.99. The van der Waals surface area contributed by atoms with Crippen molar-refractivity contribution in [3.05, 3.63) is 105 Å². The first-order valence-electron chi connectivity index (χ1n) is 10.9. The van der Waals surface area contributed by atoms with Crippen molar-refractivity contribution in [3.8, 4) is 23.3 Å². The van der Waals surface area contributed by atoms with Gasteiger partial charge in [-0.1, -0.05) is 36.4 Å². The SMILES string of the molecule is Cc1cc(C)cc(Oc2c(C(F)(F)F)oc3cc(OC(=O)C(C#N)=Cc4ccccc4)ccc3c2=O)c1. The van der Waals surface area contributed by atoms with E-state index in [1.165, 1.54) is 24.3 Å². The van der Waals surface area contributed by atoms with E-state index in [4.69, 9.17) is 13.9 Å². The summed E-state index contributed by atoms with van der Waals surface area (Å²) in [5.74, 6) is -3.83. The molecule has 0 saturated carbocycles. The van der Waals surface area contributed by atoms with E-state index in [0.29, 0.717) is 5.56 Å². The number of hydrogen-bond donors (Lipinski definition) is 0. The molecule has 9 heteroatoms. The van der Waals surface area contributed by atoms with Crippen molar-refractivity contribution in [2.75, 3.05) is 0 Å². The number of halogens is 3. The quantitative estimate of drug-likeness (QED) is 0.129. The molecule has 0 radical (unpaired) electrons. The van der Waals surface area contributed by atoms with E-state index >= 15 is 0 Å². The summed E-state index contributed by atoms with van der Waals surface area (Å²) in [6.45, 7) is 3.48. The molecule has 186 valence electrons. The number of ether oxygens (including phenoxy) is 2. The lowest BCUT2D eigenvalue weighted by atomic mass is 10.1. The van der Waals surface area contributed by atoms with Crippen LogP contribution in [0.3, 0.4) is 0 Å². The van der Waals surface area contributed by atoms with Crippen LogP contribution in [0.15, 0.2) is 81.5 Å². The third kappa shape index (κ3) is 5.70. The van der Waals surface area contributed by atoms with E-state index in [1.54, 1.807) is 56.3 Å². The van der Waals surface area contributed by atoms with E-state index in [1.807, 2.05) is 0 Å². The molecule has 0 aliphatic carbocycles. The number of aryl methyl sites for hydroxylation is 2. The zero-order chi connectivity index (χ0) is 26.7. The molecule has 37 heavy (non-hydrogen) atoms. The Bertz CT molecular complexity index is 1610. The number of benzene rings is 3. The van der Waals surface area contributed by atoms with E-state index in [9.17, 15) is 28.0 Å². The number of carbonyl (C=O) groups excluding carboxylic acids is 1. The lowest BCUT2D eigenvalue weighted by Gasteiger charge is -2.14. The standard InChI is InChI=1S/C28H18F3NO5/c1-16-10-17(2)12-21(11-16)35-25-24(33)22-9-8-20(14-23(22)37-26(25)28(29,30)31)36-27(34)19(15-32)13-18-6-4-3-5-7-18/h3-14H,1-2H3. The van der Waals surface area contributed by atoms with Gasteiger partial charge in [-0.2, -0.15) is 18.4 Å². The molecule has 1 aromatic heterocycles. The molecule has 0 unspecified atom stereocenters. The van der Waals surface area contributed by atoms with E-state index in [-0.39, 0.29) is 22.5 Å². The minimum absolute atomic E-state index is 0.0504. The number of hydrogen-bond acceptors (Lipinski definition) is 6. The van der Waals surface area contributed by atoms with Crippen LogP contribution < -0.4 is 14.9 Å². The molecule has 0 bridgehead atoms. The predicted octanol–water partition coefficient (Wildman–Crippen LogP) is 6.73. The maximum atomic E-state index is 13.8. The third-order valence-electron chi connectivity index (χ3n) is 5.16. The topological polar surface area (TPSA) is 89.5 Å². The maximum absolute atomic E-state index is 13.8. The molecule has 4 aromatic rings. The fourth-order valence-corrected chi connectivity index (χ4v) is 3.62. The van der Waals surface area contributed by atoms with E-state index < -0.39 is 34.7 Å². The minimum Gasteiger partial charge on any atom is -0.449 e. The van der Waals surface area contributed by atoms with Gasteiger partial charge in [-0.15, -0.1) is 0 Å². The normalized spacial score (nSPS) is 11.7. The Morgan fingerprint density at radius 3 is 2.27 bits per heavy atom. The third-order valence-corrected chi connectivity index (χ3v) is 5.16. The van der Waals surface area contributed by atoms with Crippen molar-refractivity contribution in [3.63, 3.8) is 0 Å². The highest BCUT2D eigenvalue weighted by Gasteiger charge is 2.40. The summed E-state index contributed by atoms with van der Waals surface area (Å²) < 4.78 is 57.1. The van der Waals surface area contributed by atoms with Crippen LogP contribution in [0, 0.1) is 25.2 Å². The molecular weight excluding hydrogens is 487 g/mol. The Hall–Kier alpha value is -4.84. The van der Waals surface area contributed by atoms with Gasteiger partial charge in [0.2, 0.25) is 11.2 Å². The highest BCUT2D eigenvalue weighted by Crippen LogP contribution is 2.39. The number of rotatable bonds is 5. The first-order valence-corrected chi connectivity index (χ1v) is 10.9. The zero-order valence-corrected chi connectivity index (χ0v) is 19.6. The summed E-state index contributed by atoms with van der Waals surface area (Å²) in [5, 5.41) is 9.12. The smallest absolute Gasteiger partial charge is 0.449 e. The van der Waals surface area contributed by atoms with Gasteiger partial charge in [0.1, 0.15) is 28.7 Å². The van der Waals surface area contributed by atoms with Crippen LogP contribution in [0.4, 0.5) is 13.2 Å². The van der Waals surface area contributed by atoms with Gasteiger partial charge in [0.05, 0.1) is 5.39 Å². The summed E-state index contributed by atoms with van der Waals surface area (Å²) in [5.41, 5.74) is 0.192. The molecule has 0 saturated heterocycles. The molecule has 0 aliphatic heterocycles. The van der Waals surface area contributed by atoms with Crippen molar-refractivity contribution >= 4 is 23.0 Å². The number of carbonyl (C=O) groups is 1. The second-order valence-corrected chi connectivity index (χ2v) is 8.14. The Balaban J connectivity index is 1.73. The molecule has 0 N–H and O–H groups in total. The summed E-state index contributed by atoms with van der Waals surface area (Å²) in [6.07, 6.45) is -3.75. The van der Waals surface area contributed by atoms with Gasteiger partial charge in [-0.25, -0.2) is 4.79 Å². The van der Waals surface area contributed by atoms with Gasteiger partial charge in [-0.05, 0) is 60.9 Å². The van der Waals surface area contributed by atoms with Gasteiger partial charge in [0, 0.05) is 6.07 Å². The van der Waals surface area contributed by atoms with Gasteiger partial charge in [-0.3, -0.25) is 4.79 Å². The van der Waals surface area contributed by atoms with Crippen LogP contribution >= 0.6 is 0 Å². The summed E-state index contributed by atoms with van der Waals surface area (Å²) in [6, 6.07) is 18.4. The minimum atomic E-state index is -5.05. The Morgan fingerprint density at radius 1 is 0.973 bits per heavy atom. The molecule has 3 aromatic carbocycles. The number of alkyl halides is 3. The molecule has 0 spiro atoms. The maximum Gasteiger partial charge on any atom is 0.453 e. The van der Waals surface area contributed by atoms with Crippen LogP contribution in [0.5, 0.6) is 17.2 Å². The molecule has 0 aliphatic rings. The molecule has 4 rings (SSSR count). The molecule has 0 amide bonds. The Morgan fingerprint density at radius 2 is 1.65 bits per heavy atom. The van der Waals surface area contributed by atoms with Crippen LogP contribution in [0.25, 0.3) is 17.0 Å². The Kier molecular flexibility index (Phi) is 6.85. The first kappa shape index (κ1) is 25.3. The van der Waals surface area contributed by atoms with Crippen LogP contribution in [-0.2, 0) is 11.0 Å². The highest BCUT2D eigenvalue weighted by atomic mass is 19.4. The molecule has 0 atom stereocenters. The summed E-state index contributed by atoms with van der Waals surface area (Å²) >= 11 is 0. The Labute approximate surface area is 208 Å². The number of nitriles is 1. The van der Waals surface area contributed by atoms with Gasteiger partial charge < -0.3 is 13.9 Å². The van der Waals surface area contributed by atoms with Crippen molar-refractivity contribution in [2.24, 2.45) is 0 Å². The summed E-state index contributed by atoms with van der Waals surface area (Å²) in [4.78, 5) is 25.5. The number of esters is 1. The van der Waals surface area contributed by atoms with Gasteiger partial charge in [0.25, 0.3) is 5.76 Å². The average molecular weight is 505 g/mol. The lowest BCUT2D eigenvalue weighted by molar-refractivity contribution is -0.154.